The second kappa shape index (κ2) is 7.21. The number of halogens is 1. The van der Waals surface area contributed by atoms with Crippen LogP contribution >= 0.6 is 15.9 Å². The van der Waals surface area contributed by atoms with Gasteiger partial charge < -0.3 is 19.2 Å². The van der Waals surface area contributed by atoms with Crippen molar-refractivity contribution in [3.8, 4) is 5.75 Å². The normalized spacial score (nSPS) is 10.4. The molecular formula is C14H16BrNO3. The molecular weight excluding hydrogens is 310 g/mol. The van der Waals surface area contributed by atoms with Crippen LogP contribution in [0.3, 0.4) is 0 Å². The number of furan rings is 1. The molecule has 0 radical (unpaired) electrons. The van der Waals surface area contributed by atoms with Gasteiger partial charge in [0.25, 0.3) is 0 Å². The Morgan fingerprint density at radius 2 is 2.11 bits per heavy atom. The summed E-state index contributed by atoms with van der Waals surface area (Å²) in [6.45, 7) is 1.76. The van der Waals surface area contributed by atoms with Gasteiger partial charge in [-0.1, -0.05) is 6.07 Å². The Labute approximate surface area is 120 Å². The lowest BCUT2D eigenvalue weighted by atomic mass is 10.3. The second-order valence-corrected chi connectivity index (χ2v) is 4.71. The smallest absolute Gasteiger partial charge is 0.169 e. The summed E-state index contributed by atoms with van der Waals surface area (Å²) in [5, 5.41) is 3.28. The average Bonchev–Trinajstić information content (AvgIpc) is 2.83. The topological polar surface area (TPSA) is 43.6 Å². The van der Waals surface area contributed by atoms with E-state index in [4.69, 9.17) is 13.9 Å². The SMILES string of the molecule is COCCOc1cccc(NCc2ccc(Br)o2)c1. The Kier molecular flexibility index (Phi) is 5.30. The third-order valence-electron chi connectivity index (χ3n) is 2.49. The van der Waals surface area contributed by atoms with Gasteiger partial charge in [0.1, 0.15) is 18.1 Å². The first-order chi connectivity index (χ1) is 9.28. The highest BCUT2D eigenvalue weighted by atomic mass is 79.9. The van der Waals surface area contributed by atoms with Crippen molar-refractivity contribution in [1.29, 1.82) is 0 Å². The van der Waals surface area contributed by atoms with Gasteiger partial charge in [-0.05, 0) is 40.2 Å². The average molecular weight is 326 g/mol. The maximum atomic E-state index is 5.55. The van der Waals surface area contributed by atoms with E-state index in [-0.39, 0.29) is 0 Å². The summed E-state index contributed by atoms with van der Waals surface area (Å²) in [6, 6.07) is 11.6. The molecule has 0 aliphatic heterocycles. The molecule has 19 heavy (non-hydrogen) atoms. The molecule has 0 atom stereocenters. The maximum absolute atomic E-state index is 5.55. The predicted octanol–water partition coefficient (Wildman–Crippen LogP) is 3.68. The molecule has 1 N–H and O–H groups in total. The van der Waals surface area contributed by atoms with E-state index in [1.54, 1.807) is 7.11 Å². The van der Waals surface area contributed by atoms with Gasteiger partial charge in [-0.2, -0.15) is 0 Å². The van der Waals surface area contributed by atoms with E-state index >= 15 is 0 Å². The Morgan fingerprint density at radius 3 is 2.84 bits per heavy atom. The first-order valence-corrected chi connectivity index (χ1v) is 6.77. The van der Waals surface area contributed by atoms with Crippen molar-refractivity contribution in [3.63, 3.8) is 0 Å². The molecule has 2 aromatic rings. The van der Waals surface area contributed by atoms with Crippen LogP contribution in [-0.4, -0.2) is 20.3 Å². The number of methoxy groups -OCH3 is 1. The van der Waals surface area contributed by atoms with Crippen LogP contribution < -0.4 is 10.1 Å². The monoisotopic (exact) mass is 325 g/mol. The summed E-state index contributed by atoms with van der Waals surface area (Å²) in [6.07, 6.45) is 0. The third-order valence-corrected chi connectivity index (χ3v) is 2.91. The number of ether oxygens (including phenoxy) is 2. The minimum absolute atomic E-state index is 0.547. The molecule has 1 aromatic heterocycles. The highest BCUT2D eigenvalue weighted by Crippen LogP contribution is 2.19. The van der Waals surface area contributed by atoms with Crippen LogP contribution in [0.4, 0.5) is 5.69 Å². The number of benzene rings is 1. The molecule has 0 unspecified atom stereocenters. The van der Waals surface area contributed by atoms with E-state index in [2.05, 4.69) is 21.2 Å². The number of hydrogen-bond donors (Lipinski definition) is 1. The highest BCUT2D eigenvalue weighted by molar-refractivity contribution is 9.10. The lowest BCUT2D eigenvalue weighted by Crippen LogP contribution is -2.04. The fraction of sp³-hybridized carbons (Fsp3) is 0.286. The summed E-state index contributed by atoms with van der Waals surface area (Å²) in [4.78, 5) is 0. The first kappa shape index (κ1) is 14.0. The van der Waals surface area contributed by atoms with Gasteiger partial charge in [0.05, 0.1) is 13.2 Å². The Bertz CT molecular complexity index is 513. The quantitative estimate of drug-likeness (QED) is 0.788. The van der Waals surface area contributed by atoms with Crippen LogP contribution in [0.5, 0.6) is 5.75 Å². The van der Waals surface area contributed by atoms with Gasteiger partial charge in [0.2, 0.25) is 0 Å². The van der Waals surface area contributed by atoms with Gasteiger partial charge in [-0.25, -0.2) is 0 Å². The molecule has 1 aromatic carbocycles. The van der Waals surface area contributed by atoms with Gasteiger partial charge in [-0.15, -0.1) is 0 Å². The van der Waals surface area contributed by atoms with Crippen molar-refractivity contribution in [2.75, 3.05) is 25.6 Å². The van der Waals surface area contributed by atoms with Gasteiger partial charge in [0, 0.05) is 18.9 Å². The molecule has 0 saturated carbocycles. The molecule has 0 saturated heterocycles. The molecule has 0 spiro atoms. The molecule has 0 amide bonds. The Hall–Kier alpha value is -1.46. The number of rotatable bonds is 7. The molecule has 0 aliphatic rings. The first-order valence-electron chi connectivity index (χ1n) is 5.98. The zero-order valence-electron chi connectivity index (χ0n) is 10.7. The second-order valence-electron chi connectivity index (χ2n) is 3.93. The molecule has 4 nitrogen and oxygen atoms in total. The summed E-state index contributed by atoms with van der Waals surface area (Å²) in [5.41, 5.74) is 0.988. The lowest BCUT2D eigenvalue weighted by Gasteiger charge is -2.08. The maximum Gasteiger partial charge on any atom is 0.169 e. The molecule has 0 bridgehead atoms. The van der Waals surface area contributed by atoms with Crippen LogP contribution in [0.25, 0.3) is 0 Å². The largest absolute Gasteiger partial charge is 0.491 e. The van der Waals surface area contributed by atoms with Crippen molar-refractivity contribution in [2.24, 2.45) is 0 Å². The van der Waals surface area contributed by atoms with Gasteiger partial charge in [0.15, 0.2) is 4.67 Å². The fourth-order valence-corrected chi connectivity index (χ4v) is 1.91. The van der Waals surface area contributed by atoms with Crippen LogP contribution in [0.15, 0.2) is 45.5 Å². The Balaban J connectivity index is 1.87. The van der Waals surface area contributed by atoms with E-state index in [0.29, 0.717) is 19.8 Å². The minimum Gasteiger partial charge on any atom is -0.491 e. The van der Waals surface area contributed by atoms with Crippen molar-refractivity contribution < 1.29 is 13.9 Å². The summed E-state index contributed by atoms with van der Waals surface area (Å²) < 4.78 is 16.6. The van der Waals surface area contributed by atoms with Crippen molar-refractivity contribution >= 4 is 21.6 Å². The summed E-state index contributed by atoms with van der Waals surface area (Å²) in [7, 11) is 1.66. The van der Waals surface area contributed by atoms with E-state index < -0.39 is 0 Å². The van der Waals surface area contributed by atoms with Crippen LogP contribution in [0.2, 0.25) is 0 Å². The van der Waals surface area contributed by atoms with Gasteiger partial charge in [-0.3, -0.25) is 0 Å². The molecule has 5 heteroatoms. The zero-order valence-corrected chi connectivity index (χ0v) is 12.3. The number of anilines is 1. The van der Waals surface area contributed by atoms with E-state index in [0.717, 1.165) is 21.9 Å². The standard InChI is InChI=1S/C14H16BrNO3/c1-17-7-8-18-12-4-2-3-11(9-12)16-10-13-5-6-14(15)19-13/h2-6,9,16H,7-8,10H2,1H3. The Morgan fingerprint density at radius 1 is 1.21 bits per heavy atom. The fourth-order valence-electron chi connectivity index (χ4n) is 1.57. The van der Waals surface area contributed by atoms with E-state index in [1.165, 1.54) is 0 Å². The van der Waals surface area contributed by atoms with E-state index in [1.807, 2.05) is 36.4 Å². The van der Waals surface area contributed by atoms with Crippen LogP contribution in [-0.2, 0) is 11.3 Å². The summed E-state index contributed by atoms with van der Waals surface area (Å²) >= 11 is 3.28. The molecule has 1 heterocycles. The van der Waals surface area contributed by atoms with Crippen molar-refractivity contribution in [3.05, 3.63) is 46.8 Å². The van der Waals surface area contributed by atoms with Crippen LogP contribution in [0.1, 0.15) is 5.76 Å². The highest BCUT2D eigenvalue weighted by Gasteiger charge is 2.00. The van der Waals surface area contributed by atoms with Crippen LogP contribution in [0, 0.1) is 0 Å². The molecule has 102 valence electrons. The predicted molar refractivity (Wildman–Crippen MR) is 77.5 cm³/mol. The summed E-state index contributed by atoms with van der Waals surface area (Å²) in [5.74, 6) is 1.69. The minimum atomic E-state index is 0.547. The van der Waals surface area contributed by atoms with Gasteiger partial charge >= 0.3 is 0 Å². The van der Waals surface area contributed by atoms with Crippen molar-refractivity contribution in [2.45, 2.75) is 6.54 Å². The lowest BCUT2D eigenvalue weighted by molar-refractivity contribution is 0.146. The molecule has 2 rings (SSSR count). The van der Waals surface area contributed by atoms with E-state index in [9.17, 15) is 0 Å². The number of nitrogens with one attached hydrogen (secondary N) is 1. The molecule has 0 aliphatic carbocycles. The zero-order chi connectivity index (χ0) is 13.5. The third kappa shape index (κ3) is 4.61. The van der Waals surface area contributed by atoms with Crippen molar-refractivity contribution in [1.82, 2.24) is 0 Å². The number of hydrogen-bond acceptors (Lipinski definition) is 4. The molecule has 0 fully saturated rings.